The van der Waals surface area contributed by atoms with Crippen LogP contribution in [-0.4, -0.2) is 42.5 Å². The largest absolute Gasteiger partial charge is 0.392 e. The first-order chi connectivity index (χ1) is 8.47. The summed E-state index contributed by atoms with van der Waals surface area (Å²) in [6.45, 7) is 6.52. The molecular formula is C13H22N2OS2. The minimum absolute atomic E-state index is 0.271. The standard InChI is InChI=1S/C13H22N2OS2/c1-8-5-11(15(4)14-8)6-12(16)13-7-17-9(2)10(3)18-13/h5,9-10,12-13,16H,6-7H2,1-4H3. The van der Waals surface area contributed by atoms with Crippen LogP contribution in [0.25, 0.3) is 0 Å². The smallest absolute Gasteiger partial charge is 0.0722 e. The first kappa shape index (κ1) is 14.3. The first-order valence-electron chi connectivity index (χ1n) is 6.42. The molecule has 0 aliphatic carbocycles. The summed E-state index contributed by atoms with van der Waals surface area (Å²) in [4.78, 5) is 0. The molecule has 3 nitrogen and oxygen atoms in total. The molecule has 0 saturated carbocycles. The second-order valence-electron chi connectivity index (χ2n) is 5.09. The molecule has 1 saturated heterocycles. The summed E-state index contributed by atoms with van der Waals surface area (Å²) in [5, 5.41) is 16.4. The quantitative estimate of drug-likeness (QED) is 0.925. The molecule has 2 heterocycles. The number of thioether (sulfide) groups is 2. The van der Waals surface area contributed by atoms with Crippen LogP contribution in [0.5, 0.6) is 0 Å². The van der Waals surface area contributed by atoms with Crippen LogP contribution in [0.4, 0.5) is 0 Å². The van der Waals surface area contributed by atoms with Crippen molar-refractivity contribution in [3.05, 3.63) is 17.5 Å². The van der Waals surface area contributed by atoms with Gasteiger partial charge in [0.05, 0.1) is 11.8 Å². The van der Waals surface area contributed by atoms with Gasteiger partial charge in [0.25, 0.3) is 0 Å². The molecule has 18 heavy (non-hydrogen) atoms. The summed E-state index contributed by atoms with van der Waals surface area (Å²) < 4.78 is 1.88. The summed E-state index contributed by atoms with van der Waals surface area (Å²) in [6, 6.07) is 2.07. The van der Waals surface area contributed by atoms with Gasteiger partial charge in [0, 0.05) is 40.7 Å². The third-order valence-corrected chi connectivity index (χ3v) is 7.06. The fourth-order valence-electron chi connectivity index (χ4n) is 2.21. The monoisotopic (exact) mass is 286 g/mol. The molecule has 4 unspecified atom stereocenters. The molecule has 4 atom stereocenters. The lowest BCUT2D eigenvalue weighted by Crippen LogP contribution is -2.35. The highest BCUT2D eigenvalue weighted by Gasteiger charge is 2.30. The van der Waals surface area contributed by atoms with E-state index >= 15 is 0 Å². The summed E-state index contributed by atoms with van der Waals surface area (Å²) in [6.07, 6.45) is 0.434. The fourth-order valence-corrected chi connectivity index (χ4v) is 5.23. The summed E-state index contributed by atoms with van der Waals surface area (Å²) in [7, 11) is 1.95. The fraction of sp³-hybridized carbons (Fsp3) is 0.769. The molecule has 0 amide bonds. The predicted octanol–water partition coefficient (Wildman–Crippen LogP) is 2.26. The van der Waals surface area contributed by atoms with Crippen molar-refractivity contribution in [3.8, 4) is 0 Å². The van der Waals surface area contributed by atoms with Crippen molar-refractivity contribution in [3.63, 3.8) is 0 Å². The van der Waals surface area contributed by atoms with Crippen molar-refractivity contribution in [1.29, 1.82) is 0 Å². The van der Waals surface area contributed by atoms with Crippen LogP contribution in [0.1, 0.15) is 25.2 Å². The Morgan fingerprint density at radius 1 is 1.50 bits per heavy atom. The van der Waals surface area contributed by atoms with Gasteiger partial charge in [-0.25, -0.2) is 0 Å². The number of aliphatic hydroxyl groups is 1. The lowest BCUT2D eigenvalue weighted by molar-refractivity contribution is 0.174. The van der Waals surface area contributed by atoms with Gasteiger partial charge in [0.1, 0.15) is 0 Å². The Kier molecular flexibility index (Phi) is 4.67. The highest BCUT2D eigenvalue weighted by Crippen LogP contribution is 2.37. The van der Waals surface area contributed by atoms with Crippen LogP contribution >= 0.6 is 23.5 Å². The van der Waals surface area contributed by atoms with E-state index in [4.69, 9.17) is 0 Å². The molecule has 1 aliphatic rings. The number of aromatic nitrogens is 2. The Morgan fingerprint density at radius 2 is 2.22 bits per heavy atom. The van der Waals surface area contributed by atoms with Gasteiger partial charge in [-0.2, -0.15) is 28.6 Å². The van der Waals surface area contributed by atoms with E-state index < -0.39 is 0 Å². The van der Waals surface area contributed by atoms with Crippen LogP contribution in [0, 0.1) is 6.92 Å². The summed E-state index contributed by atoms with van der Waals surface area (Å²) in [5.41, 5.74) is 2.14. The number of aliphatic hydroxyl groups excluding tert-OH is 1. The predicted molar refractivity (Wildman–Crippen MR) is 80.4 cm³/mol. The SMILES string of the molecule is Cc1cc(CC(O)C2CSC(C)C(C)S2)n(C)n1. The molecule has 102 valence electrons. The van der Waals surface area contributed by atoms with Crippen molar-refractivity contribution >= 4 is 23.5 Å². The van der Waals surface area contributed by atoms with Crippen LogP contribution in [0.3, 0.4) is 0 Å². The molecular weight excluding hydrogens is 264 g/mol. The average molecular weight is 286 g/mol. The molecule has 1 N–H and O–H groups in total. The van der Waals surface area contributed by atoms with E-state index in [0.717, 1.165) is 17.1 Å². The zero-order chi connectivity index (χ0) is 13.3. The molecule has 0 spiro atoms. The van der Waals surface area contributed by atoms with Crippen LogP contribution < -0.4 is 0 Å². The topological polar surface area (TPSA) is 38.0 Å². The highest BCUT2D eigenvalue weighted by atomic mass is 32.2. The Morgan fingerprint density at radius 3 is 2.78 bits per heavy atom. The minimum atomic E-state index is -0.271. The molecule has 1 fully saturated rings. The highest BCUT2D eigenvalue weighted by molar-refractivity contribution is 8.07. The molecule has 1 aromatic rings. The molecule has 0 radical (unpaired) electrons. The number of nitrogens with zero attached hydrogens (tertiary/aromatic N) is 2. The van der Waals surface area contributed by atoms with Gasteiger partial charge in [-0.15, -0.1) is 0 Å². The van der Waals surface area contributed by atoms with E-state index in [1.807, 2.05) is 42.2 Å². The van der Waals surface area contributed by atoms with E-state index in [2.05, 4.69) is 25.0 Å². The second-order valence-corrected chi connectivity index (χ2v) is 8.12. The van der Waals surface area contributed by atoms with Crippen LogP contribution in [0.15, 0.2) is 6.07 Å². The lowest BCUT2D eigenvalue weighted by Gasteiger charge is -2.33. The number of aryl methyl sites for hydroxylation is 2. The van der Waals surface area contributed by atoms with Crippen molar-refractivity contribution in [1.82, 2.24) is 9.78 Å². The molecule has 0 aromatic carbocycles. The number of hydrogen-bond acceptors (Lipinski definition) is 4. The minimum Gasteiger partial charge on any atom is -0.392 e. The van der Waals surface area contributed by atoms with E-state index in [1.165, 1.54) is 0 Å². The van der Waals surface area contributed by atoms with Gasteiger partial charge in [0.2, 0.25) is 0 Å². The number of hydrogen-bond donors (Lipinski definition) is 1. The second kappa shape index (κ2) is 5.88. The van der Waals surface area contributed by atoms with Crippen molar-refractivity contribution in [2.75, 3.05) is 5.75 Å². The normalized spacial score (nSPS) is 30.4. The van der Waals surface area contributed by atoms with E-state index in [0.29, 0.717) is 22.2 Å². The first-order valence-corrected chi connectivity index (χ1v) is 8.41. The summed E-state index contributed by atoms with van der Waals surface area (Å²) >= 11 is 3.91. The average Bonchev–Trinajstić information content (AvgIpc) is 2.61. The van der Waals surface area contributed by atoms with Gasteiger partial charge in [-0.3, -0.25) is 4.68 Å². The Labute approximate surface area is 118 Å². The third kappa shape index (κ3) is 3.25. The van der Waals surface area contributed by atoms with E-state index in [-0.39, 0.29) is 6.10 Å². The van der Waals surface area contributed by atoms with Gasteiger partial charge in [-0.05, 0) is 13.0 Å². The zero-order valence-electron chi connectivity index (χ0n) is 11.5. The molecule has 0 bridgehead atoms. The zero-order valence-corrected chi connectivity index (χ0v) is 13.1. The van der Waals surface area contributed by atoms with E-state index in [9.17, 15) is 5.11 Å². The summed E-state index contributed by atoms with van der Waals surface area (Å²) in [5.74, 6) is 1.05. The maximum absolute atomic E-state index is 10.4. The van der Waals surface area contributed by atoms with Crippen molar-refractivity contribution in [2.24, 2.45) is 7.05 Å². The van der Waals surface area contributed by atoms with Gasteiger partial charge >= 0.3 is 0 Å². The lowest BCUT2D eigenvalue weighted by atomic mass is 10.1. The van der Waals surface area contributed by atoms with Gasteiger partial charge < -0.3 is 5.11 Å². The van der Waals surface area contributed by atoms with Crippen LogP contribution in [0.2, 0.25) is 0 Å². The Balaban J connectivity index is 1.96. The van der Waals surface area contributed by atoms with Crippen LogP contribution in [-0.2, 0) is 13.5 Å². The van der Waals surface area contributed by atoms with Crippen molar-refractivity contribution in [2.45, 2.75) is 49.0 Å². The third-order valence-electron chi connectivity index (χ3n) is 3.52. The molecule has 1 aromatic heterocycles. The maximum Gasteiger partial charge on any atom is 0.0722 e. The molecule has 1 aliphatic heterocycles. The van der Waals surface area contributed by atoms with Gasteiger partial charge in [0.15, 0.2) is 0 Å². The molecule has 5 heteroatoms. The molecule has 2 rings (SSSR count). The maximum atomic E-state index is 10.4. The number of rotatable bonds is 3. The van der Waals surface area contributed by atoms with E-state index in [1.54, 1.807) is 0 Å². The van der Waals surface area contributed by atoms with Crippen molar-refractivity contribution < 1.29 is 5.11 Å². The Hall–Kier alpha value is -0.130. The Bertz CT molecular complexity index is 408. The van der Waals surface area contributed by atoms with Gasteiger partial charge in [-0.1, -0.05) is 13.8 Å².